The Hall–Kier alpha value is -2.92. The predicted octanol–water partition coefficient (Wildman–Crippen LogP) is 4.56. The van der Waals surface area contributed by atoms with E-state index in [1.54, 1.807) is 6.07 Å². The lowest BCUT2D eigenvalue weighted by molar-refractivity contribution is 0.119. The summed E-state index contributed by atoms with van der Waals surface area (Å²) >= 11 is 5.91. The van der Waals surface area contributed by atoms with Gasteiger partial charge in [-0.25, -0.2) is 14.4 Å². The molecule has 0 aliphatic carbocycles. The normalized spacial score (nSPS) is 15.3. The first-order valence-corrected chi connectivity index (χ1v) is 11.6. The average Bonchev–Trinajstić information content (AvgIpc) is 2.82. The zero-order valence-corrected chi connectivity index (χ0v) is 19.6. The fourth-order valence-electron chi connectivity index (χ4n) is 4.41. The zero-order valence-electron chi connectivity index (χ0n) is 18.9. The monoisotopic (exact) mass is 466 g/mol. The second-order valence-electron chi connectivity index (χ2n) is 8.14. The number of nitrogen functional groups attached to an aromatic ring is 1. The quantitative estimate of drug-likeness (QED) is 0.378. The third kappa shape index (κ3) is 4.88. The molecule has 8 heteroatoms. The summed E-state index contributed by atoms with van der Waals surface area (Å²) in [5, 5.41) is 7.40. The summed E-state index contributed by atoms with van der Waals surface area (Å²) in [5.74, 6) is 7.02. The van der Waals surface area contributed by atoms with Gasteiger partial charge in [0.05, 0.1) is 16.1 Å². The Kier molecular flexibility index (Phi) is 6.99. The Labute approximate surface area is 198 Å². The Balaban J connectivity index is 1.70. The number of piperidine rings is 1. The molecule has 4 N–H and O–H groups in total. The molecular weight excluding hydrogens is 439 g/mol. The van der Waals surface area contributed by atoms with E-state index in [0.29, 0.717) is 17.2 Å². The summed E-state index contributed by atoms with van der Waals surface area (Å²) in [6.45, 7) is 8.17. The minimum Gasteiger partial charge on any atom is -0.398 e. The van der Waals surface area contributed by atoms with Crippen LogP contribution >= 0.6 is 11.6 Å². The number of hydrogen-bond acceptors (Lipinski definition) is 6. The summed E-state index contributed by atoms with van der Waals surface area (Å²) in [7, 11) is 0. The summed E-state index contributed by atoms with van der Waals surface area (Å²) in [5.41, 5.74) is 8.91. The van der Waals surface area contributed by atoms with E-state index in [9.17, 15) is 4.39 Å². The molecule has 33 heavy (non-hydrogen) atoms. The SMILES string of the molecule is CCN(CC)C1(C#Cc2cc3ncnc(Nc4ccc(F)c(Cl)c4)c3cc2N)CCNCC1. The van der Waals surface area contributed by atoms with Gasteiger partial charge in [-0.15, -0.1) is 0 Å². The molecule has 0 bridgehead atoms. The molecule has 2 heterocycles. The lowest BCUT2D eigenvalue weighted by atomic mass is 9.86. The number of halogens is 2. The fraction of sp³-hybridized carbons (Fsp3) is 0.360. The number of aromatic nitrogens is 2. The average molecular weight is 467 g/mol. The van der Waals surface area contributed by atoms with E-state index in [4.69, 9.17) is 17.3 Å². The van der Waals surface area contributed by atoms with Crippen molar-refractivity contribution in [1.82, 2.24) is 20.2 Å². The fourth-order valence-corrected chi connectivity index (χ4v) is 4.59. The molecule has 0 amide bonds. The van der Waals surface area contributed by atoms with Gasteiger partial charge in [0.1, 0.15) is 18.0 Å². The van der Waals surface area contributed by atoms with E-state index in [2.05, 4.69) is 51.2 Å². The van der Waals surface area contributed by atoms with Crippen LogP contribution in [0.3, 0.4) is 0 Å². The maximum absolute atomic E-state index is 13.5. The van der Waals surface area contributed by atoms with E-state index in [1.807, 2.05) is 12.1 Å². The summed E-state index contributed by atoms with van der Waals surface area (Å²) in [6, 6.07) is 8.16. The van der Waals surface area contributed by atoms with Crippen molar-refractivity contribution in [2.24, 2.45) is 0 Å². The lowest BCUT2D eigenvalue weighted by Gasteiger charge is -2.42. The van der Waals surface area contributed by atoms with Crippen LogP contribution < -0.4 is 16.4 Å². The first-order chi connectivity index (χ1) is 16.0. The Morgan fingerprint density at radius 1 is 1.18 bits per heavy atom. The van der Waals surface area contributed by atoms with Crippen molar-refractivity contribution < 1.29 is 4.39 Å². The van der Waals surface area contributed by atoms with Crippen LogP contribution in [0.5, 0.6) is 0 Å². The number of hydrogen-bond donors (Lipinski definition) is 3. The largest absolute Gasteiger partial charge is 0.398 e. The molecule has 0 saturated carbocycles. The van der Waals surface area contributed by atoms with E-state index >= 15 is 0 Å². The van der Waals surface area contributed by atoms with Crippen molar-refractivity contribution in [3.8, 4) is 11.8 Å². The molecule has 4 rings (SSSR count). The van der Waals surface area contributed by atoms with Crippen LogP contribution in [0.25, 0.3) is 10.9 Å². The molecule has 1 saturated heterocycles. The van der Waals surface area contributed by atoms with Crippen LogP contribution in [-0.4, -0.2) is 46.6 Å². The first kappa shape index (κ1) is 23.2. The maximum atomic E-state index is 13.5. The van der Waals surface area contributed by atoms with Crippen molar-refractivity contribution in [3.63, 3.8) is 0 Å². The smallest absolute Gasteiger partial charge is 0.141 e. The lowest BCUT2D eigenvalue weighted by Crippen LogP contribution is -2.53. The molecular formula is C25H28ClFN6. The first-order valence-electron chi connectivity index (χ1n) is 11.2. The van der Waals surface area contributed by atoms with Gasteiger partial charge in [0.2, 0.25) is 0 Å². The number of anilines is 3. The number of nitrogens with zero attached hydrogens (tertiary/aromatic N) is 3. The summed E-state index contributed by atoms with van der Waals surface area (Å²) in [4.78, 5) is 11.2. The van der Waals surface area contributed by atoms with Gasteiger partial charge in [-0.2, -0.15) is 0 Å². The Morgan fingerprint density at radius 3 is 2.64 bits per heavy atom. The van der Waals surface area contributed by atoms with Crippen LogP contribution in [-0.2, 0) is 0 Å². The molecule has 1 aliphatic heterocycles. The standard InChI is InChI=1S/C25H28ClFN6/c1-3-33(4-2)25(9-11-29-12-10-25)8-7-17-13-23-19(15-22(17)28)24(31-16-30-23)32-18-5-6-21(27)20(26)14-18/h5-6,13-16,29H,3-4,9-12,28H2,1-2H3,(H,30,31,32). The van der Waals surface area contributed by atoms with Gasteiger partial charge in [0.15, 0.2) is 0 Å². The topological polar surface area (TPSA) is 79.1 Å². The number of rotatable bonds is 5. The molecule has 0 atom stereocenters. The van der Waals surface area contributed by atoms with Gasteiger partial charge in [-0.3, -0.25) is 4.90 Å². The third-order valence-electron chi connectivity index (χ3n) is 6.22. The third-order valence-corrected chi connectivity index (χ3v) is 6.51. The number of nitrogens with two attached hydrogens (primary N) is 1. The van der Waals surface area contributed by atoms with Gasteiger partial charge in [0, 0.05) is 22.3 Å². The molecule has 1 aromatic heterocycles. The van der Waals surface area contributed by atoms with E-state index in [1.165, 1.54) is 18.5 Å². The van der Waals surface area contributed by atoms with Crippen LogP contribution in [0.1, 0.15) is 32.3 Å². The van der Waals surface area contributed by atoms with Crippen LogP contribution in [0.4, 0.5) is 21.6 Å². The van der Waals surface area contributed by atoms with E-state index < -0.39 is 5.82 Å². The van der Waals surface area contributed by atoms with Gasteiger partial charge in [-0.1, -0.05) is 37.3 Å². The minimum absolute atomic E-state index is 0.0375. The number of nitrogens with one attached hydrogen (secondary N) is 2. The molecule has 1 fully saturated rings. The van der Waals surface area contributed by atoms with Crippen molar-refractivity contribution in [3.05, 3.63) is 53.1 Å². The number of fused-ring (bicyclic) bond motifs is 1. The van der Waals surface area contributed by atoms with Crippen LogP contribution in [0.2, 0.25) is 5.02 Å². The van der Waals surface area contributed by atoms with E-state index in [0.717, 1.165) is 55.5 Å². The highest BCUT2D eigenvalue weighted by atomic mass is 35.5. The van der Waals surface area contributed by atoms with E-state index in [-0.39, 0.29) is 10.6 Å². The van der Waals surface area contributed by atoms with Crippen molar-refractivity contribution in [2.75, 3.05) is 37.2 Å². The molecule has 172 valence electrons. The molecule has 1 aliphatic rings. The second kappa shape index (κ2) is 9.92. The molecule has 2 aromatic carbocycles. The molecule has 6 nitrogen and oxygen atoms in total. The summed E-state index contributed by atoms with van der Waals surface area (Å²) in [6.07, 6.45) is 3.44. The molecule has 0 unspecified atom stereocenters. The Morgan fingerprint density at radius 2 is 1.94 bits per heavy atom. The van der Waals surface area contributed by atoms with Crippen molar-refractivity contribution in [2.45, 2.75) is 32.2 Å². The van der Waals surface area contributed by atoms with Gasteiger partial charge in [0.25, 0.3) is 0 Å². The minimum atomic E-state index is -0.474. The highest BCUT2D eigenvalue weighted by Crippen LogP contribution is 2.30. The van der Waals surface area contributed by atoms with Crippen LogP contribution in [0, 0.1) is 17.7 Å². The summed E-state index contributed by atoms with van der Waals surface area (Å²) < 4.78 is 13.5. The van der Waals surface area contributed by atoms with Crippen molar-refractivity contribution in [1.29, 1.82) is 0 Å². The maximum Gasteiger partial charge on any atom is 0.141 e. The highest BCUT2D eigenvalue weighted by Gasteiger charge is 2.34. The second-order valence-corrected chi connectivity index (χ2v) is 8.54. The number of benzene rings is 2. The molecule has 3 aromatic rings. The molecule has 0 spiro atoms. The zero-order chi connectivity index (χ0) is 23.4. The molecule has 0 radical (unpaired) electrons. The highest BCUT2D eigenvalue weighted by molar-refractivity contribution is 6.31. The predicted molar refractivity (Wildman–Crippen MR) is 133 cm³/mol. The van der Waals surface area contributed by atoms with Gasteiger partial charge >= 0.3 is 0 Å². The van der Waals surface area contributed by atoms with Crippen LogP contribution in [0.15, 0.2) is 36.7 Å². The Bertz CT molecular complexity index is 1210. The van der Waals surface area contributed by atoms with Gasteiger partial charge in [-0.05, 0) is 69.4 Å². The van der Waals surface area contributed by atoms with Crippen molar-refractivity contribution >= 4 is 39.7 Å². The van der Waals surface area contributed by atoms with Gasteiger partial charge < -0.3 is 16.4 Å².